The van der Waals surface area contributed by atoms with E-state index in [1.807, 2.05) is 58.0 Å². The van der Waals surface area contributed by atoms with Crippen molar-refractivity contribution in [2.45, 2.75) is 45.8 Å². The van der Waals surface area contributed by atoms with Gasteiger partial charge in [0, 0.05) is 18.2 Å². The lowest BCUT2D eigenvalue weighted by Gasteiger charge is -2.32. The standard InChI is InChI=1S/C18H23BN4O3S/c1-12(24)27-11-15(19-25-17(2,3)18(4,5)26-19)10-13-6-8-14(9-7-13)16-20-22-23-21-16/h6-10H,11H2,1-5H3,(H,20,21,22,23). The Morgan fingerprint density at radius 3 is 2.33 bits per heavy atom. The second-order valence-electron chi connectivity index (χ2n) is 7.45. The monoisotopic (exact) mass is 386 g/mol. The number of benzene rings is 1. The molecule has 1 aromatic carbocycles. The van der Waals surface area contributed by atoms with Crippen LogP contribution in [0.3, 0.4) is 0 Å². The Balaban J connectivity index is 1.85. The number of tetrazole rings is 1. The van der Waals surface area contributed by atoms with E-state index in [4.69, 9.17) is 9.31 Å². The van der Waals surface area contributed by atoms with Gasteiger partial charge in [-0.1, -0.05) is 42.1 Å². The minimum Gasteiger partial charge on any atom is -0.400 e. The number of carbonyl (C=O) groups is 1. The Hall–Kier alpha value is -1.97. The lowest BCUT2D eigenvalue weighted by molar-refractivity contribution is -0.109. The van der Waals surface area contributed by atoms with Gasteiger partial charge in [-0.05, 0) is 43.9 Å². The zero-order valence-corrected chi connectivity index (χ0v) is 17.0. The molecular weight excluding hydrogens is 363 g/mol. The summed E-state index contributed by atoms with van der Waals surface area (Å²) < 4.78 is 12.3. The maximum absolute atomic E-state index is 11.5. The summed E-state index contributed by atoms with van der Waals surface area (Å²) in [6.07, 6.45) is 2.01. The highest BCUT2D eigenvalue weighted by atomic mass is 32.2. The van der Waals surface area contributed by atoms with Crippen LogP contribution in [-0.2, 0) is 14.1 Å². The molecule has 1 N–H and O–H groups in total. The molecule has 1 saturated heterocycles. The molecule has 0 atom stereocenters. The summed E-state index contributed by atoms with van der Waals surface area (Å²) >= 11 is 1.25. The summed E-state index contributed by atoms with van der Waals surface area (Å²) in [5, 5.41) is 14.0. The van der Waals surface area contributed by atoms with Gasteiger partial charge in [0.05, 0.1) is 11.2 Å². The van der Waals surface area contributed by atoms with Crippen molar-refractivity contribution in [3.05, 3.63) is 35.3 Å². The molecule has 1 aromatic heterocycles. The Morgan fingerprint density at radius 1 is 1.19 bits per heavy atom. The molecule has 27 heavy (non-hydrogen) atoms. The highest BCUT2D eigenvalue weighted by Crippen LogP contribution is 2.39. The molecule has 0 radical (unpaired) electrons. The lowest BCUT2D eigenvalue weighted by Crippen LogP contribution is -2.41. The molecule has 1 fully saturated rings. The molecule has 0 unspecified atom stereocenters. The van der Waals surface area contributed by atoms with Gasteiger partial charge in [0.25, 0.3) is 0 Å². The fraction of sp³-hybridized carbons (Fsp3) is 0.444. The molecule has 0 spiro atoms. The van der Waals surface area contributed by atoms with Crippen molar-refractivity contribution in [3.8, 4) is 11.4 Å². The van der Waals surface area contributed by atoms with Gasteiger partial charge in [0.1, 0.15) is 0 Å². The summed E-state index contributed by atoms with van der Waals surface area (Å²) in [5.74, 6) is 1.06. The highest BCUT2D eigenvalue weighted by molar-refractivity contribution is 8.13. The maximum Gasteiger partial charge on any atom is 0.491 e. The summed E-state index contributed by atoms with van der Waals surface area (Å²) in [4.78, 5) is 11.5. The van der Waals surface area contributed by atoms with Crippen LogP contribution in [0, 0.1) is 0 Å². The van der Waals surface area contributed by atoms with Crippen LogP contribution < -0.4 is 0 Å². The summed E-state index contributed by atoms with van der Waals surface area (Å²) in [7, 11) is -0.487. The van der Waals surface area contributed by atoms with Gasteiger partial charge in [-0.25, -0.2) is 0 Å². The number of hydrogen-bond donors (Lipinski definition) is 1. The number of nitrogens with zero attached hydrogens (tertiary/aromatic N) is 3. The van der Waals surface area contributed by atoms with E-state index < -0.39 is 18.3 Å². The first-order valence-corrected chi connectivity index (χ1v) is 9.70. The zero-order chi connectivity index (χ0) is 19.7. The van der Waals surface area contributed by atoms with E-state index in [-0.39, 0.29) is 5.12 Å². The Labute approximate surface area is 163 Å². The molecule has 1 aliphatic rings. The minimum absolute atomic E-state index is 0.0601. The molecule has 0 saturated carbocycles. The summed E-state index contributed by atoms with van der Waals surface area (Å²) in [5.41, 5.74) is 1.91. The number of rotatable bonds is 5. The van der Waals surface area contributed by atoms with Crippen LogP contribution >= 0.6 is 11.8 Å². The van der Waals surface area contributed by atoms with E-state index in [0.717, 1.165) is 16.6 Å². The predicted octanol–water partition coefficient (Wildman–Crippen LogP) is 3.16. The molecule has 7 nitrogen and oxygen atoms in total. The van der Waals surface area contributed by atoms with Gasteiger partial charge >= 0.3 is 7.12 Å². The number of thioether (sulfide) groups is 1. The molecule has 142 valence electrons. The quantitative estimate of drug-likeness (QED) is 0.790. The Kier molecular flexibility index (Phi) is 5.55. The van der Waals surface area contributed by atoms with Crippen LogP contribution in [0.25, 0.3) is 17.5 Å². The van der Waals surface area contributed by atoms with E-state index in [0.29, 0.717) is 11.6 Å². The molecule has 2 heterocycles. The molecular formula is C18H23BN4O3S. The smallest absolute Gasteiger partial charge is 0.400 e. The van der Waals surface area contributed by atoms with E-state index in [9.17, 15) is 4.79 Å². The van der Waals surface area contributed by atoms with Crippen LogP contribution in [0.15, 0.2) is 29.7 Å². The topological polar surface area (TPSA) is 90.0 Å². The van der Waals surface area contributed by atoms with Crippen LogP contribution in [0.5, 0.6) is 0 Å². The average molecular weight is 386 g/mol. The number of aromatic nitrogens is 4. The van der Waals surface area contributed by atoms with E-state index in [2.05, 4.69) is 20.6 Å². The molecule has 0 bridgehead atoms. The van der Waals surface area contributed by atoms with Crippen molar-refractivity contribution in [3.63, 3.8) is 0 Å². The molecule has 2 aromatic rings. The third kappa shape index (κ3) is 4.48. The number of nitrogens with one attached hydrogen (secondary N) is 1. The fourth-order valence-electron chi connectivity index (χ4n) is 2.58. The van der Waals surface area contributed by atoms with Crippen molar-refractivity contribution in [2.24, 2.45) is 0 Å². The minimum atomic E-state index is -0.487. The van der Waals surface area contributed by atoms with Crippen LogP contribution in [0.4, 0.5) is 0 Å². The SMILES string of the molecule is CC(=O)SCC(=Cc1ccc(-c2nn[nH]n2)cc1)B1OC(C)(C)C(C)(C)O1. The van der Waals surface area contributed by atoms with Crippen molar-refractivity contribution in [1.29, 1.82) is 0 Å². The largest absolute Gasteiger partial charge is 0.491 e. The molecule has 1 aliphatic heterocycles. The van der Waals surface area contributed by atoms with Crippen molar-refractivity contribution < 1.29 is 14.1 Å². The highest BCUT2D eigenvalue weighted by Gasteiger charge is 2.52. The number of hydrogen-bond acceptors (Lipinski definition) is 7. The van der Waals surface area contributed by atoms with Gasteiger partial charge in [-0.15, -0.1) is 10.2 Å². The van der Waals surface area contributed by atoms with Crippen LogP contribution in [0.1, 0.15) is 40.2 Å². The Morgan fingerprint density at radius 2 is 1.81 bits per heavy atom. The number of aromatic amines is 1. The predicted molar refractivity (Wildman–Crippen MR) is 107 cm³/mol. The Bertz CT molecular complexity index is 819. The van der Waals surface area contributed by atoms with Crippen molar-refractivity contribution in [2.75, 3.05) is 5.75 Å². The van der Waals surface area contributed by atoms with E-state index in [1.54, 1.807) is 6.92 Å². The summed E-state index contributed by atoms with van der Waals surface area (Å²) in [6, 6.07) is 7.79. The molecule has 0 aliphatic carbocycles. The van der Waals surface area contributed by atoms with Crippen LogP contribution in [0.2, 0.25) is 0 Å². The molecule has 0 amide bonds. The molecule has 9 heteroatoms. The first-order chi connectivity index (χ1) is 12.7. The second kappa shape index (κ2) is 7.57. The van der Waals surface area contributed by atoms with E-state index in [1.165, 1.54) is 11.8 Å². The first-order valence-electron chi connectivity index (χ1n) is 8.71. The maximum atomic E-state index is 11.5. The first kappa shape index (κ1) is 19.8. The van der Waals surface area contributed by atoms with Crippen molar-refractivity contribution in [1.82, 2.24) is 20.6 Å². The number of H-pyrrole nitrogens is 1. The third-order valence-electron chi connectivity index (χ3n) is 4.86. The second-order valence-corrected chi connectivity index (χ2v) is 8.60. The zero-order valence-electron chi connectivity index (χ0n) is 16.1. The van der Waals surface area contributed by atoms with E-state index >= 15 is 0 Å². The molecule has 3 rings (SSSR count). The van der Waals surface area contributed by atoms with Gasteiger partial charge < -0.3 is 9.31 Å². The fourth-order valence-corrected chi connectivity index (χ4v) is 3.17. The lowest BCUT2D eigenvalue weighted by atomic mass is 9.78. The van der Waals surface area contributed by atoms with Gasteiger partial charge in [0.2, 0.25) is 5.82 Å². The normalized spacial score (nSPS) is 18.7. The van der Waals surface area contributed by atoms with Crippen molar-refractivity contribution >= 4 is 30.1 Å². The third-order valence-corrected chi connectivity index (χ3v) is 5.75. The van der Waals surface area contributed by atoms with Crippen LogP contribution in [-0.4, -0.2) is 49.8 Å². The van der Waals surface area contributed by atoms with Gasteiger partial charge in [0.15, 0.2) is 5.12 Å². The number of carbonyl (C=O) groups excluding carboxylic acids is 1. The van der Waals surface area contributed by atoms with Gasteiger partial charge in [-0.2, -0.15) is 5.21 Å². The summed E-state index contributed by atoms with van der Waals surface area (Å²) in [6.45, 7) is 9.63. The van der Waals surface area contributed by atoms with Gasteiger partial charge in [-0.3, -0.25) is 4.79 Å². The average Bonchev–Trinajstić information content (AvgIpc) is 3.18.